The number of para-hydroxylation sites is 1. The fourth-order valence-electron chi connectivity index (χ4n) is 1.17. The Hall–Kier alpha value is -1.91. The van der Waals surface area contributed by atoms with Gasteiger partial charge in [-0.05, 0) is 26.0 Å². The fraction of sp³-hybridized carbons (Fsp3) is 0.364. The normalized spacial score (nSPS) is 10.2. The molecule has 0 aliphatic rings. The number of rotatable bonds is 4. The van der Waals surface area contributed by atoms with Crippen LogP contribution in [0, 0.1) is 0 Å². The van der Waals surface area contributed by atoms with Crippen LogP contribution in [0.4, 0.5) is 5.69 Å². The maximum atomic E-state index is 11.3. The Kier molecular flexibility index (Phi) is 3.99. The van der Waals surface area contributed by atoms with Crippen molar-refractivity contribution in [3.8, 4) is 11.5 Å². The second-order valence-corrected chi connectivity index (χ2v) is 3.70. The quantitative estimate of drug-likeness (QED) is 0.523. The molecule has 1 rings (SSSR count). The number of hydrogen-bond acceptors (Lipinski definition) is 4. The number of aromatic hydroxyl groups is 1. The molecule has 0 unspecified atom stereocenters. The summed E-state index contributed by atoms with van der Waals surface area (Å²) in [6.07, 6.45) is 0. The molecular weight excluding hydrogens is 208 g/mol. The van der Waals surface area contributed by atoms with Gasteiger partial charge in [0, 0.05) is 6.04 Å². The SMILES string of the molecule is CC(C)NC(=O)COc1cccc(O)c1N. The number of ether oxygens (including phenoxy) is 1. The number of nitrogens with one attached hydrogen (secondary N) is 1. The van der Waals surface area contributed by atoms with Gasteiger partial charge in [0.25, 0.3) is 5.91 Å². The second kappa shape index (κ2) is 5.25. The van der Waals surface area contributed by atoms with Crippen molar-refractivity contribution in [2.24, 2.45) is 0 Å². The summed E-state index contributed by atoms with van der Waals surface area (Å²) in [6, 6.07) is 4.72. The summed E-state index contributed by atoms with van der Waals surface area (Å²) in [4.78, 5) is 11.3. The minimum atomic E-state index is -0.224. The van der Waals surface area contributed by atoms with Crippen molar-refractivity contribution < 1.29 is 14.6 Å². The highest BCUT2D eigenvalue weighted by Gasteiger charge is 2.08. The molecule has 1 aromatic carbocycles. The van der Waals surface area contributed by atoms with Crippen LogP contribution in [0.5, 0.6) is 11.5 Å². The highest BCUT2D eigenvalue weighted by molar-refractivity contribution is 5.78. The third kappa shape index (κ3) is 3.34. The van der Waals surface area contributed by atoms with E-state index in [4.69, 9.17) is 10.5 Å². The van der Waals surface area contributed by atoms with E-state index in [9.17, 15) is 9.90 Å². The number of nitrogen functional groups attached to an aromatic ring is 1. The molecule has 4 N–H and O–H groups in total. The molecule has 0 radical (unpaired) electrons. The first-order chi connectivity index (χ1) is 7.50. The Bertz CT molecular complexity index is 377. The summed E-state index contributed by atoms with van der Waals surface area (Å²) in [5.41, 5.74) is 5.70. The summed E-state index contributed by atoms with van der Waals surface area (Å²) in [5.74, 6) is 0.0263. The lowest BCUT2D eigenvalue weighted by Gasteiger charge is -2.11. The number of anilines is 1. The van der Waals surface area contributed by atoms with Crippen LogP contribution in [0.2, 0.25) is 0 Å². The van der Waals surface area contributed by atoms with E-state index in [-0.39, 0.29) is 30.0 Å². The molecule has 5 nitrogen and oxygen atoms in total. The summed E-state index contributed by atoms with van der Waals surface area (Å²) in [5, 5.41) is 12.0. The molecule has 0 saturated carbocycles. The zero-order valence-electron chi connectivity index (χ0n) is 9.36. The van der Waals surface area contributed by atoms with E-state index in [0.717, 1.165) is 0 Å². The lowest BCUT2D eigenvalue weighted by atomic mass is 10.3. The minimum Gasteiger partial charge on any atom is -0.506 e. The van der Waals surface area contributed by atoms with Gasteiger partial charge in [-0.3, -0.25) is 4.79 Å². The van der Waals surface area contributed by atoms with Gasteiger partial charge in [0.05, 0.1) is 0 Å². The Morgan fingerprint density at radius 3 is 2.88 bits per heavy atom. The molecule has 0 saturated heterocycles. The van der Waals surface area contributed by atoms with Crippen LogP contribution >= 0.6 is 0 Å². The van der Waals surface area contributed by atoms with E-state index in [2.05, 4.69) is 5.32 Å². The molecule has 0 atom stereocenters. The minimum absolute atomic E-state index is 0.0539. The number of carbonyl (C=O) groups excluding carboxylic acids is 1. The van der Waals surface area contributed by atoms with Crippen LogP contribution in [0.15, 0.2) is 18.2 Å². The molecule has 0 heterocycles. The number of phenolic OH excluding ortho intramolecular Hbond substituents is 1. The maximum absolute atomic E-state index is 11.3. The predicted octanol–water partition coefficient (Wildman–Crippen LogP) is 0.878. The maximum Gasteiger partial charge on any atom is 0.258 e. The average molecular weight is 224 g/mol. The Balaban J connectivity index is 2.55. The first kappa shape index (κ1) is 12.2. The lowest BCUT2D eigenvalue weighted by Crippen LogP contribution is -2.34. The molecule has 0 aliphatic heterocycles. The van der Waals surface area contributed by atoms with Gasteiger partial charge in [0.2, 0.25) is 0 Å². The zero-order chi connectivity index (χ0) is 12.1. The smallest absolute Gasteiger partial charge is 0.258 e. The van der Waals surface area contributed by atoms with Crippen LogP contribution in [0.1, 0.15) is 13.8 Å². The van der Waals surface area contributed by atoms with Crippen molar-refractivity contribution in [1.29, 1.82) is 0 Å². The monoisotopic (exact) mass is 224 g/mol. The number of phenols is 1. The molecule has 0 bridgehead atoms. The molecule has 16 heavy (non-hydrogen) atoms. The van der Waals surface area contributed by atoms with Crippen molar-refractivity contribution in [1.82, 2.24) is 5.32 Å². The molecule has 0 aromatic heterocycles. The zero-order valence-corrected chi connectivity index (χ0v) is 9.36. The third-order valence-corrected chi connectivity index (χ3v) is 1.85. The number of carbonyl (C=O) groups is 1. The van der Waals surface area contributed by atoms with Gasteiger partial charge in [-0.15, -0.1) is 0 Å². The van der Waals surface area contributed by atoms with E-state index >= 15 is 0 Å². The van der Waals surface area contributed by atoms with Crippen molar-refractivity contribution in [3.63, 3.8) is 0 Å². The van der Waals surface area contributed by atoms with Gasteiger partial charge in [-0.25, -0.2) is 0 Å². The molecule has 1 amide bonds. The van der Waals surface area contributed by atoms with Gasteiger partial charge in [0.15, 0.2) is 6.61 Å². The highest BCUT2D eigenvalue weighted by Crippen LogP contribution is 2.29. The molecular formula is C11H16N2O3. The van der Waals surface area contributed by atoms with E-state index in [1.165, 1.54) is 6.07 Å². The van der Waals surface area contributed by atoms with Crippen LogP contribution < -0.4 is 15.8 Å². The summed E-state index contributed by atoms with van der Waals surface area (Å²) in [6.45, 7) is 3.60. The average Bonchev–Trinajstić information content (AvgIpc) is 2.19. The molecule has 0 spiro atoms. The first-order valence-corrected chi connectivity index (χ1v) is 5.00. The number of benzene rings is 1. The summed E-state index contributed by atoms with van der Waals surface area (Å²) in [7, 11) is 0. The van der Waals surface area contributed by atoms with Crippen molar-refractivity contribution in [2.75, 3.05) is 12.3 Å². The van der Waals surface area contributed by atoms with E-state index in [1.54, 1.807) is 12.1 Å². The molecule has 0 fully saturated rings. The number of nitrogens with two attached hydrogens (primary N) is 1. The van der Waals surface area contributed by atoms with Gasteiger partial charge < -0.3 is 20.9 Å². The lowest BCUT2D eigenvalue weighted by molar-refractivity contribution is -0.123. The molecule has 1 aromatic rings. The predicted molar refractivity (Wildman–Crippen MR) is 61.3 cm³/mol. The van der Waals surface area contributed by atoms with Crippen LogP contribution in [-0.2, 0) is 4.79 Å². The van der Waals surface area contributed by atoms with Gasteiger partial charge >= 0.3 is 0 Å². The number of amides is 1. The van der Waals surface area contributed by atoms with Gasteiger partial charge in [-0.1, -0.05) is 6.07 Å². The Morgan fingerprint density at radius 1 is 1.56 bits per heavy atom. The largest absolute Gasteiger partial charge is 0.506 e. The van der Waals surface area contributed by atoms with Gasteiger partial charge in [0.1, 0.15) is 17.2 Å². The van der Waals surface area contributed by atoms with Crippen molar-refractivity contribution in [3.05, 3.63) is 18.2 Å². The topological polar surface area (TPSA) is 84.6 Å². The van der Waals surface area contributed by atoms with E-state index in [1.807, 2.05) is 13.8 Å². The van der Waals surface area contributed by atoms with Gasteiger partial charge in [-0.2, -0.15) is 0 Å². The second-order valence-electron chi connectivity index (χ2n) is 3.70. The Labute approximate surface area is 94.2 Å². The fourth-order valence-corrected chi connectivity index (χ4v) is 1.17. The van der Waals surface area contributed by atoms with Crippen LogP contribution in [0.3, 0.4) is 0 Å². The van der Waals surface area contributed by atoms with Crippen LogP contribution in [0.25, 0.3) is 0 Å². The van der Waals surface area contributed by atoms with Crippen LogP contribution in [-0.4, -0.2) is 23.7 Å². The standard InChI is InChI=1S/C11H16N2O3/c1-7(2)13-10(15)6-16-9-5-3-4-8(14)11(9)12/h3-5,7,14H,6,12H2,1-2H3,(H,13,15). The first-order valence-electron chi connectivity index (χ1n) is 5.00. The summed E-state index contributed by atoms with van der Waals surface area (Å²) >= 11 is 0. The molecule has 88 valence electrons. The molecule has 5 heteroatoms. The van der Waals surface area contributed by atoms with Crippen molar-refractivity contribution >= 4 is 11.6 Å². The highest BCUT2D eigenvalue weighted by atomic mass is 16.5. The van der Waals surface area contributed by atoms with E-state index in [0.29, 0.717) is 5.75 Å². The number of hydrogen-bond donors (Lipinski definition) is 3. The van der Waals surface area contributed by atoms with E-state index < -0.39 is 0 Å². The van der Waals surface area contributed by atoms with Crippen molar-refractivity contribution in [2.45, 2.75) is 19.9 Å². The third-order valence-electron chi connectivity index (χ3n) is 1.85. The molecule has 0 aliphatic carbocycles. The Morgan fingerprint density at radius 2 is 2.25 bits per heavy atom. The summed E-state index contributed by atoms with van der Waals surface area (Å²) < 4.78 is 5.18.